The summed E-state index contributed by atoms with van der Waals surface area (Å²) in [6.45, 7) is 1.34. The van der Waals surface area contributed by atoms with E-state index in [1.807, 2.05) is 12.1 Å². The average molecular weight is 421 g/mol. The van der Waals surface area contributed by atoms with Crippen molar-refractivity contribution >= 4 is 23.4 Å². The van der Waals surface area contributed by atoms with Crippen LogP contribution in [0.15, 0.2) is 70.1 Å². The summed E-state index contributed by atoms with van der Waals surface area (Å²) in [5.41, 5.74) is 1.96. The number of carbonyl (C=O) groups is 3. The minimum atomic E-state index is -0.337. The van der Waals surface area contributed by atoms with Crippen LogP contribution >= 0.6 is 0 Å². The Morgan fingerprint density at radius 2 is 2.00 bits per heavy atom. The van der Waals surface area contributed by atoms with Crippen molar-refractivity contribution in [3.63, 3.8) is 0 Å². The molecule has 0 radical (unpaired) electrons. The molecule has 1 aliphatic heterocycles. The highest BCUT2D eigenvalue weighted by Crippen LogP contribution is 2.20. The molecule has 1 saturated heterocycles. The van der Waals surface area contributed by atoms with E-state index >= 15 is 0 Å². The van der Waals surface area contributed by atoms with Gasteiger partial charge in [-0.2, -0.15) is 0 Å². The number of rotatable bonds is 6. The highest BCUT2D eigenvalue weighted by Gasteiger charge is 2.29. The highest BCUT2D eigenvalue weighted by molar-refractivity contribution is 6.02. The van der Waals surface area contributed by atoms with Gasteiger partial charge in [0.15, 0.2) is 5.76 Å². The van der Waals surface area contributed by atoms with Gasteiger partial charge in [0, 0.05) is 25.3 Å². The molecule has 1 unspecified atom stereocenters. The zero-order chi connectivity index (χ0) is 21.6. The van der Waals surface area contributed by atoms with Crippen LogP contribution in [0, 0.1) is 5.92 Å². The van der Waals surface area contributed by atoms with E-state index in [2.05, 4.69) is 10.6 Å². The molecule has 1 fully saturated rings. The van der Waals surface area contributed by atoms with E-state index in [1.165, 1.54) is 18.8 Å². The molecule has 8 heteroatoms. The minimum absolute atomic E-state index is 0.0882. The van der Waals surface area contributed by atoms with Crippen molar-refractivity contribution in [2.45, 2.75) is 19.4 Å². The van der Waals surface area contributed by atoms with Crippen LogP contribution in [-0.4, -0.2) is 35.7 Å². The Labute approximate surface area is 179 Å². The Morgan fingerprint density at radius 3 is 2.77 bits per heavy atom. The van der Waals surface area contributed by atoms with Crippen molar-refractivity contribution in [1.29, 1.82) is 0 Å². The SMILES string of the molecule is O=C(Nc1cccc(CNC(=O)C2CCCN(C(=O)c3ccoc3)C2)c1)c1ccco1. The maximum absolute atomic E-state index is 12.7. The third-order valence-electron chi connectivity index (χ3n) is 5.24. The average Bonchev–Trinajstić information content (AvgIpc) is 3.52. The maximum Gasteiger partial charge on any atom is 0.291 e. The van der Waals surface area contributed by atoms with Gasteiger partial charge in [-0.15, -0.1) is 0 Å². The summed E-state index contributed by atoms with van der Waals surface area (Å²) in [6, 6.07) is 12.1. The van der Waals surface area contributed by atoms with Crippen LogP contribution in [0.2, 0.25) is 0 Å². The molecule has 1 aliphatic rings. The van der Waals surface area contributed by atoms with Gasteiger partial charge in [0.05, 0.1) is 24.0 Å². The molecule has 0 aliphatic carbocycles. The van der Waals surface area contributed by atoms with Crippen LogP contribution in [-0.2, 0) is 11.3 Å². The van der Waals surface area contributed by atoms with Gasteiger partial charge in [0.25, 0.3) is 11.8 Å². The van der Waals surface area contributed by atoms with Gasteiger partial charge in [-0.25, -0.2) is 0 Å². The van der Waals surface area contributed by atoms with Gasteiger partial charge < -0.3 is 24.4 Å². The van der Waals surface area contributed by atoms with Crippen molar-refractivity contribution in [1.82, 2.24) is 10.2 Å². The van der Waals surface area contributed by atoms with E-state index < -0.39 is 0 Å². The lowest BCUT2D eigenvalue weighted by molar-refractivity contribution is -0.126. The van der Waals surface area contributed by atoms with Gasteiger partial charge in [-0.1, -0.05) is 12.1 Å². The van der Waals surface area contributed by atoms with Crippen LogP contribution in [0.1, 0.15) is 39.3 Å². The number of hydrogen-bond donors (Lipinski definition) is 2. The third kappa shape index (κ3) is 5.03. The molecule has 1 aromatic carbocycles. The number of piperidine rings is 1. The number of nitrogens with zero attached hydrogens (tertiary/aromatic N) is 1. The molecule has 3 amide bonds. The predicted octanol–water partition coefficient (Wildman–Crippen LogP) is 3.29. The van der Waals surface area contributed by atoms with E-state index in [0.29, 0.717) is 30.9 Å². The molecule has 0 bridgehead atoms. The van der Waals surface area contributed by atoms with Crippen LogP contribution < -0.4 is 10.6 Å². The Hall–Kier alpha value is -3.81. The van der Waals surface area contributed by atoms with Crippen LogP contribution in [0.4, 0.5) is 5.69 Å². The second kappa shape index (κ2) is 9.34. The van der Waals surface area contributed by atoms with Gasteiger partial charge in [0.1, 0.15) is 6.26 Å². The molecule has 3 aromatic rings. The molecule has 8 nitrogen and oxygen atoms in total. The first-order valence-corrected chi connectivity index (χ1v) is 10.1. The molecule has 0 saturated carbocycles. The summed E-state index contributed by atoms with van der Waals surface area (Å²) in [4.78, 5) is 39.0. The predicted molar refractivity (Wildman–Crippen MR) is 112 cm³/mol. The van der Waals surface area contributed by atoms with E-state index in [0.717, 1.165) is 18.4 Å². The first kappa shape index (κ1) is 20.5. The van der Waals surface area contributed by atoms with Crippen LogP contribution in [0.5, 0.6) is 0 Å². The molecule has 3 heterocycles. The first-order chi connectivity index (χ1) is 15.1. The van der Waals surface area contributed by atoms with Gasteiger partial charge in [0.2, 0.25) is 5.91 Å². The number of benzene rings is 1. The fourth-order valence-corrected chi connectivity index (χ4v) is 3.64. The van der Waals surface area contributed by atoms with Crippen molar-refractivity contribution in [2.24, 2.45) is 5.92 Å². The molecular formula is C23H23N3O5. The zero-order valence-corrected chi connectivity index (χ0v) is 16.9. The molecule has 2 N–H and O–H groups in total. The number of furan rings is 2. The van der Waals surface area contributed by atoms with E-state index in [1.54, 1.807) is 35.2 Å². The van der Waals surface area contributed by atoms with Crippen molar-refractivity contribution in [3.8, 4) is 0 Å². The van der Waals surface area contributed by atoms with Crippen LogP contribution in [0.3, 0.4) is 0 Å². The van der Waals surface area contributed by atoms with Crippen molar-refractivity contribution < 1.29 is 23.2 Å². The maximum atomic E-state index is 12.7. The summed E-state index contributed by atoms with van der Waals surface area (Å²) in [7, 11) is 0. The van der Waals surface area contributed by atoms with Gasteiger partial charge >= 0.3 is 0 Å². The molecule has 31 heavy (non-hydrogen) atoms. The molecular weight excluding hydrogens is 398 g/mol. The van der Waals surface area contributed by atoms with E-state index in [9.17, 15) is 14.4 Å². The fourth-order valence-electron chi connectivity index (χ4n) is 3.64. The Kier molecular flexibility index (Phi) is 6.16. The highest BCUT2D eigenvalue weighted by atomic mass is 16.3. The second-order valence-electron chi connectivity index (χ2n) is 7.45. The summed E-state index contributed by atoms with van der Waals surface area (Å²) in [6.07, 6.45) is 5.84. The van der Waals surface area contributed by atoms with E-state index in [4.69, 9.17) is 8.83 Å². The lowest BCUT2D eigenvalue weighted by atomic mass is 9.96. The van der Waals surface area contributed by atoms with Crippen LogP contribution in [0.25, 0.3) is 0 Å². The van der Waals surface area contributed by atoms with E-state index in [-0.39, 0.29) is 29.4 Å². The zero-order valence-electron chi connectivity index (χ0n) is 16.9. The summed E-state index contributed by atoms with van der Waals surface area (Å²) >= 11 is 0. The smallest absolute Gasteiger partial charge is 0.291 e. The Balaban J connectivity index is 1.31. The Bertz CT molecular complexity index is 1040. The number of amides is 3. The first-order valence-electron chi connectivity index (χ1n) is 10.1. The lowest BCUT2D eigenvalue weighted by Crippen LogP contribution is -2.45. The lowest BCUT2D eigenvalue weighted by Gasteiger charge is -2.31. The minimum Gasteiger partial charge on any atom is -0.472 e. The van der Waals surface area contributed by atoms with Gasteiger partial charge in [-0.3, -0.25) is 14.4 Å². The number of anilines is 1. The molecule has 2 aromatic heterocycles. The summed E-state index contributed by atoms with van der Waals surface area (Å²) in [5, 5.41) is 5.71. The fraction of sp³-hybridized carbons (Fsp3) is 0.261. The third-order valence-corrected chi connectivity index (χ3v) is 5.24. The monoisotopic (exact) mass is 421 g/mol. The Morgan fingerprint density at radius 1 is 1.10 bits per heavy atom. The van der Waals surface area contributed by atoms with Crippen molar-refractivity contribution in [3.05, 3.63) is 78.1 Å². The number of hydrogen-bond acceptors (Lipinski definition) is 5. The topological polar surface area (TPSA) is 105 Å². The second-order valence-corrected chi connectivity index (χ2v) is 7.45. The normalized spacial score (nSPS) is 16.0. The summed E-state index contributed by atoms with van der Waals surface area (Å²) < 4.78 is 10.1. The number of carbonyl (C=O) groups excluding carboxylic acids is 3. The number of likely N-dealkylation sites (tertiary alicyclic amines) is 1. The molecule has 0 spiro atoms. The van der Waals surface area contributed by atoms with Crippen molar-refractivity contribution in [2.75, 3.05) is 18.4 Å². The molecule has 4 rings (SSSR count). The molecule has 160 valence electrons. The molecule has 1 atom stereocenters. The largest absolute Gasteiger partial charge is 0.472 e. The summed E-state index contributed by atoms with van der Waals surface area (Å²) in [5.74, 6) is -0.575. The quantitative estimate of drug-likeness (QED) is 0.635. The van der Waals surface area contributed by atoms with Gasteiger partial charge in [-0.05, 0) is 48.7 Å². The standard InChI is InChI=1S/C23H23N3O5/c27-21(17-5-2-9-26(14-17)23(29)18-8-11-30-15-18)24-13-16-4-1-6-19(12-16)25-22(28)20-7-3-10-31-20/h1,3-4,6-8,10-12,15,17H,2,5,9,13-14H2,(H,24,27)(H,25,28). The number of nitrogens with one attached hydrogen (secondary N) is 2.